The van der Waals surface area contributed by atoms with Crippen molar-refractivity contribution in [2.24, 2.45) is 5.92 Å². The summed E-state index contributed by atoms with van der Waals surface area (Å²) in [5.74, 6) is 1.18. The highest BCUT2D eigenvalue weighted by atomic mass is 32.2. The lowest BCUT2D eigenvalue weighted by atomic mass is 10.1. The standard InChI is InChI=1S/C21H25F3N4OS/c1-3-28(4-2)18-11-17(21(22,23)24)26-20(27-18)30-13-15-7-9-16(10-8-15)19(29)25-12-14-5-6-14/h7-11,14H,3-6,12-13H2,1-2H3,(H,25,29). The number of benzene rings is 1. The van der Waals surface area contributed by atoms with Crippen LogP contribution in [0.3, 0.4) is 0 Å². The number of anilines is 1. The van der Waals surface area contributed by atoms with Crippen LogP contribution < -0.4 is 10.2 Å². The summed E-state index contributed by atoms with van der Waals surface area (Å²) >= 11 is 1.14. The van der Waals surface area contributed by atoms with Crippen LogP contribution in [0.4, 0.5) is 19.0 Å². The van der Waals surface area contributed by atoms with E-state index in [1.807, 2.05) is 13.8 Å². The highest BCUT2D eigenvalue weighted by Crippen LogP contribution is 2.32. The number of nitrogens with one attached hydrogen (secondary N) is 1. The highest BCUT2D eigenvalue weighted by Gasteiger charge is 2.34. The van der Waals surface area contributed by atoms with E-state index < -0.39 is 11.9 Å². The smallest absolute Gasteiger partial charge is 0.357 e. The molecule has 3 rings (SSSR count). The number of hydrogen-bond donors (Lipinski definition) is 1. The molecule has 0 bridgehead atoms. The molecule has 1 aromatic heterocycles. The summed E-state index contributed by atoms with van der Waals surface area (Å²) in [5.41, 5.74) is 0.511. The first-order chi connectivity index (χ1) is 14.3. The number of amides is 1. The molecule has 2 aromatic rings. The van der Waals surface area contributed by atoms with E-state index in [9.17, 15) is 18.0 Å². The Bertz CT molecular complexity index is 866. The van der Waals surface area contributed by atoms with Crippen LogP contribution in [-0.2, 0) is 11.9 Å². The van der Waals surface area contributed by atoms with Crippen molar-refractivity contribution >= 4 is 23.5 Å². The van der Waals surface area contributed by atoms with E-state index in [4.69, 9.17) is 0 Å². The number of alkyl halides is 3. The molecule has 1 saturated carbocycles. The zero-order valence-electron chi connectivity index (χ0n) is 17.0. The number of hydrogen-bond acceptors (Lipinski definition) is 5. The molecular weight excluding hydrogens is 413 g/mol. The molecule has 30 heavy (non-hydrogen) atoms. The van der Waals surface area contributed by atoms with Gasteiger partial charge in [0.05, 0.1) is 0 Å². The van der Waals surface area contributed by atoms with E-state index >= 15 is 0 Å². The maximum absolute atomic E-state index is 13.3. The van der Waals surface area contributed by atoms with Gasteiger partial charge in [0.25, 0.3) is 5.91 Å². The number of thioether (sulfide) groups is 1. The largest absolute Gasteiger partial charge is 0.433 e. The molecule has 1 fully saturated rings. The zero-order chi connectivity index (χ0) is 21.7. The third kappa shape index (κ3) is 6.10. The lowest BCUT2D eigenvalue weighted by Crippen LogP contribution is -2.25. The Morgan fingerprint density at radius 2 is 1.83 bits per heavy atom. The van der Waals surface area contributed by atoms with Crippen molar-refractivity contribution < 1.29 is 18.0 Å². The van der Waals surface area contributed by atoms with E-state index in [-0.39, 0.29) is 16.9 Å². The van der Waals surface area contributed by atoms with Crippen LogP contribution in [0.1, 0.15) is 48.3 Å². The maximum atomic E-state index is 13.3. The summed E-state index contributed by atoms with van der Waals surface area (Å²) in [6.45, 7) is 5.55. The van der Waals surface area contributed by atoms with Gasteiger partial charge in [0.15, 0.2) is 10.9 Å². The van der Waals surface area contributed by atoms with E-state index in [0.717, 1.165) is 23.4 Å². The van der Waals surface area contributed by atoms with Crippen LogP contribution in [0.15, 0.2) is 35.5 Å². The highest BCUT2D eigenvalue weighted by molar-refractivity contribution is 7.98. The van der Waals surface area contributed by atoms with Gasteiger partial charge in [-0.2, -0.15) is 13.2 Å². The van der Waals surface area contributed by atoms with Crippen molar-refractivity contribution in [1.29, 1.82) is 0 Å². The molecule has 0 spiro atoms. The number of halogens is 3. The molecule has 1 heterocycles. The monoisotopic (exact) mass is 438 g/mol. The molecule has 0 saturated heterocycles. The first kappa shape index (κ1) is 22.4. The molecule has 162 valence electrons. The Hall–Kier alpha value is -2.29. The fourth-order valence-electron chi connectivity index (χ4n) is 2.89. The van der Waals surface area contributed by atoms with E-state index in [1.54, 1.807) is 29.2 Å². The van der Waals surface area contributed by atoms with Crippen molar-refractivity contribution in [3.63, 3.8) is 0 Å². The fraction of sp³-hybridized carbons (Fsp3) is 0.476. The van der Waals surface area contributed by atoms with E-state index in [0.29, 0.717) is 36.9 Å². The van der Waals surface area contributed by atoms with Crippen LogP contribution in [0.5, 0.6) is 0 Å². The molecule has 1 amide bonds. The zero-order valence-corrected chi connectivity index (χ0v) is 17.8. The first-order valence-corrected chi connectivity index (χ1v) is 11.0. The number of rotatable bonds is 9. The van der Waals surface area contributed by atoms with Gasteiger partial charge in [-0.15, -0.1) is 0 Å². The summed E-state index contributed by atoms with van der Waals surface area (Å²) < 4.78 is 39.8. The van der Waals surface area contributed by atoms with Crippen LogP contribution in [0.25, 0.3) is 0 Å². The van der Waals surface area contributed by atoms with Gasteiger partial charge in [0.2, 0.25) is 0 Å². The molecule has 9 heteroatoms. The van der Waals surface area contributed by atoms with Crippen LogP contribution >= 0.6 is 11.8 Å². The maximum Gasteiger partial charge on any atom is 0.433 e. The first-order valence-electron chi connectivity index (χ1n) is 10.0. The average Bonchev–Trinajstić information content (AvgIpc) is 3.55. The summed E-state index contributed by atoms with van der Waals surface area (Å²) in [7, 11) is 0. The topological polar surface area (TPSA) is 58.1 Å². The van der Waals surface area contributed by atoms with Crippen molar-refractivity contribution in [2.75, 3.05) is 24.5 Å². The SMILES string of the molecule is CCN(CC)c1cc(C(F)(F)F)nc(SCc2ccc(C(=O)NCC3CC3)cc2)n1. The van der Waals surface area contributed by atoms with Gasteiger partial charge < -0.3 is 10.2 Å². The lowest BCUT2D eigenvalue weighted by molar-refractivity contribution is -0.141. The lowest BCUT2D eigenvalue weighted by Gasteiger charge is -2.21. The predicted octanol–water partition coefficient (Wildman–Crippen LogP) is 4.77. The predicted molar refractivity (Wildman–Crippen MR) is 112 cm³/mol. The normalized spacial score (nSPS) is 13.9. The van der Waals surface area contributed by atoms with Gasteiger partial charge in [-0.05, 0) is 50.3 Å². The van der Waals surface area contributed by atoms with E-state index in [1.165, 1.54) is 12.8 Å². The minimum absolute atomic E-state index is 0.0815. The average molecular weight is 439 g/mol. The molecule has 0 radical (unpaired) electrons. The van der Waals surface area contributed by atoms with Crippen molar-refractivity contribution in [2.45, 2.75) is 43.8 Å². The van der Waals surface area contributed by atoms with Crippen molar-refractivity contribution in [3.05, 3.63) is 47.2 Å². The quantitative estimate of drug-likeness (QED) is 0.451. The van der Waals surface area contributed by atoms with Gasteiger partial charge in [0, 0.05) is 37.0 Å². The molecule has 1 aliphatic rings. The van der Waals surface area contributed by atoms with Crippen LogP contribution in [0.2, 0.25) is 0 Å². The molecular formula is C21H25F3N4OS. The molecule has 1 aromatic carbocycles. The summed E-state index contributed by atoms with van der Waals surface area (Å²) in [5, 5.41) is 2.99. The third-order valence-electron chi connectivity index (χ3n) is 4.90. The Morgan fingerprint density at radius 1 is 1.17 bits per heavy atom. The Morgan fingerprint density at radius 3 is 2.40 bits per heavy atom. The van der Waals surface area contributed by atoms with Gasteiger partial charge in [0.1, 0.15) is 5.82 Å². The summed E-state index contributed by atoms with van der Waals surface area (Å²) in [4.78, 5) is 21.9. The second-order valence-corrected chi connectivity index (χ2v) is 8.15. The Labute approximate surface area is 178 Å². The van der Waals surface area contributed by atoms with Crippen LogP contribution in [0, 0.1) is 5.92 Å². The molecule has 1 N–H and O–H groups in total. The summed E-state index contributed by atoms with van der Waals surface area (Å²) in [6, 6.07) is 8.06. The van der Waals surface area contributed by atoms with Gasteiger partial charge in [-0.1, -0.05) is 23.9 Å². The van der Waals surface area contributed by atoms with Crippen molar-refractivity contribution in [3.8, 4) is 0 Å². The number of carbonyl (C=O) groups is 1. The molecule has 5 nitrogen and oxygen atoms in total. The third-order valence-corrected chi connectivity index (χ3v) is 5.82. The molecule has 0 aliphatic heterocycles. The van der Waals surface area contributed by atoms with Gasteiger partial charge >= 0.3 is 6.18 Å². The second kappa shape index (κ2) is 9.68. The minimum atomic E-state index is -4.53. The number of nitrogens with zero attached hydrogens (tertiary/aromatic N) is 3. The fourth-order valence-corrected chi connectivity index (χ4v) is 3.70. The van der Waals surface area contributed by atoms with E-state index in [2.05, 4.69) is 15.3 Å². The molecule has 0 unspecified atom stereocenters. The van der Waals surface area contributed by atoms with Gasteiger partial charge in [-0.3, -0.25) is 4.79 Å². The minimum Gasteiger partial charge on any atom is -0.357 e. The molecule has 0 atom stereocenters. The Balaban J connectivity index is 1.68. The number of carbonyl (C=O) groups excluding carboxylic acids is 1. The summed E-state index contributed by atoms with van der Waals surface area (Å²) in [6.07, 6.45) is -2.19. The Kier molecular flexibility index (Phi) is 7.23. The van der Waals surface area contributed by atoms with Gasteiger partial charge in [-0.25, -0.2) is 9.97 Å². The van der Waals surface area contributed by atoms with Crippen LogP contribution in [-0.4, -0.2) is 35.5 Å². The molecule has 1 aliphatic carbocycles. The number of aromatic nitrogens is 2. The second-order valence-electron chi connectivity index (χ2n) is 7.20. The van der Waals surface area contributed by atoms with Crippen molar-refractivity contribution in [1.82, 2.24) is 15.3 Å².